The van der Waals surface area contributed by atoms with Crippen molar-refractivity contribution in [2.24, 2.45) is 0 Å². The van der Waals surface area contributed by atoms with Crippen LogP contribution in [0.25, 0.3) is 86.3 Å². The lowest BCUT2D eigenvalue weighted by atomic mass is 9.93. The van der Waals surface area contributed by atoms with Gasteiger partial charge >= 0.3 is 0 Å². The van der Waals surface area contributed by atoms with E-state index in [2.05, 4.69) is 198 Å². The minimum Gasteiger partial charge on any atom is -0.332 e. The van der Waals surface area contributed by atoms with Crippen LogP contribution in [0, 0.1) is 0 Å². The number of aromatic nitrogens is 1. The first kappa shape index (κ1) is 30.7. The lowest BCUT2D eigenvalue weighted by Gasteiger charge is -2.30. The number of nitrogens with zero attached hydrogens (tertiary/aromatic N) is 2. The van der Waals surface area contributed by atoms with Crippen LogP contribution in [-0.4, -0.2) is 10.6 Å². The third kappa shape index (κ3) is 4.54. The molecular weight excluding hydrogens is 685 g/mol. The van der Waals surface area contributed by atoms with Crippen molar-refractivity contribution in [2.75, 3.05) is 4.90 Å². The standard InChI is InChI=1S/C52H34N2S/c1-2-13-35(14-3-1)53-45-22-7-4-15-39(45)41-29-27-34(32-49(41)53)33-28-30-48-44(31-33)40-16-5-8-23-46(40)54(48)47-24-11-19-36-37(18-10-20-38(36)47)42-21-12-26-51-52(42)43-17-6-9-25-50(43)55-51/h1-22,24-32,46H,23H2. The van der Waals surface area contributed by atoms with Gasteiger partial charge in [0.1, 0.15) is 0 Å². The molecule has 0 bridgehead atoms. The highest BCUT2D eigenvalue weighted by Crippen LogP contribution is 2.51. The number of anilines is 2. The number of fused-ring (bicyclic) bond motifs is 10. The molecule has 2 aromatic heterocycles. The number of thiophene rings is 1. The van der Waals surface area contributed by atoms with Crippen LogP contribution in [0.2, 0.25) is 0 Å². The molecule has 0 N–H and O–H groups in total. The number of hydrogen-bond acceptors (Lipinski definition) is 2. The Bertz CT molecular complexity index is 3250. The van der Waals surface area contributed by atoms with Crippen LogP contribution in [0.4, 0.5) is 11.4 Å². The van der Waals surface area contributed by atoms with Gasteiger partial charge in [-0.3, -0.25) is 0 Å². The van der Waals surface area contributed by atoms with Gasteiger partial charge in [0, 0.05) is 59.0 Å². The van der Waals surface area contributed by atoms with Gasteiger partial charge in [0.15, 0.2) is 0 Å². The summed E-state index contributed by atoms with van der Waals surface area (Å²) in [7, 11) is 0. The highest BCUT2D eigenvalue weighted by Gasteiger charge is 2.36. The van der Waals surface area contributed by atoms with Crippen molar-refractivity contribution in [2.45, 2.75) is 12.5 Å². The van der Waals surface area contributed by atoms with Crippen LogP contribution in [0.15, 0.2) is 188 Å². The molecule has 1 atom stereocenters. The van der Waals surface area contributed by atoms with E-state index < -0.39 is 0 Å². The molecular formula is C52H34N2S. The van der Waals surface area contributed by atoms with E-state index in [0.717, 1.165) is 6.42 Å². The number of allylic oxidation sites excluding steroid dienone is 2. The Hall–Kier alpha value is -6.68. The molecule has 1 aliphatic carbocycles. The van der Waals surface area contributed by atoms with Crippen LogP contribution in [-0.2, 0) is 0 Å². The Morgan fingerprint density at radius 3 is 2.13 bits per heavy atom. The maximum Gasteiger partial charge on any atom is 0.0633 e. The second-order valence-corrected chi connectivity index (χ2v) is 15.9. The van der Waals surface area contributed by atoms with Crippen molar-refractivity contribution in [3.8, 4) is 27.9 Å². The van der Waals surface area contributed by atoms with Crippen LogP contribution in [0.3, 0.4) is 0 Å². The fourth-order valence-electron chi connectivity index (χ4n) is 9.50. The lowest BCUT2D eigenvalue weighted by Crippen LogP contribution is -2.27. The van der Waals surface area contributed by atoms with Crippen molar-refractivity contribution >= 4 is 81.0 Å². The van der Waals surface area contributed by atoms with Gasteiger partial charge in [-0.15, -0.1) is 11.3 Å². The third-order valence-corrected chi connectivity index (χ3v) is 13.0. The Morgan fingerprint density at radius 2 is 1.18 bits per heavy atom. The molecule has 258 valence electrons. The predicted octanol–water partition coefficient (Wildman–Crippen LogP) is 14.5. The molecule has 2 nitrogen and oxygen atoms in total. The SMILES string of the molecule is C1=CCC2C(=C1)c1cc(-c3ccc4c5ccccc5n(-c5ccccc5)c4c3)ccc1N2c1cccc2c(-c3cccc4sc5ccccc5c34)cccc12. The smallest absolute Gasteiger partial charge is 0.0633 e. The molecule has 3 heterocycles. The fourth-order valence-corrected chi connectivity index (χ4v) is 10.6. The van der Waals surface area contributed by atoms with Crippen molar-refractivity contribution in [3.63, 3.8) is 0 Å². The van der Waals surface area contributed by atoms with E-state index in [0.29, 0.717) is 0 Å². The van der Waals surface area contributed by atoms with Crippen LogP contribution in [0.1, 0.15) is 12.0 Å². The summed E-state index contributed by atoms with van der Waals surface area (Å²) >= 11 is 1.88. The fraction of sp³-hybridized carbons (Fsp3) is 0.0385. The largest absolute Gasteiger partial charge is 0.332 e. The molecule has 12 rings (SSSR count). The first-order valence-electron chi connectivity index (χ1n) is 19.1. The van der Waals surface area contributed by atoms with E-state index in [4.69, 9.17) is 0 Å². The van der Waals surface area contributed by atoms with E-state index >= 15 is 0 Å². The Kier molecular flexibility index (Phi) is 6.66. The van der Waals surface area contributed by atoms with Gasteiger partial charge in [-0.1, -0.05) is 133 Å². The maximum absolute atomic E-state index is 2.61. The average molecular weight is 719 g/mol. The van der Waals surface area contributed by atoms with Crippen LogP contribution < -0.4 is 4.90 Å². The Labute approximate surface area is 323 Å². The van der Waals surface area contributed by atoms with Crippen molar-refractivity contribution < 1.29 is 0 Å². The van der Waals surface area contributed by atoms with E-state index in [-0.39, 0.29) is 6.04 Å². The highest BCUT2D eigenvalue weighted by molar-refractivity contribution is 7.25. The Morgan fingerprint density at radius 1 is 0.473 bits per heavy atom. The summed E-state index contributed by atoms with van der Waals surface area (Å²) in [5, 5.41) is 7.80. The molecule has 55 heavy (non-hydrogen) atoms. The first-order chi connectivity index (χ1) is 27.3. The van der Waals surface area contributed by atoms with Gasteiger partial charge in [0.2, 0.25) is 0 Å². The molecule has 0 fully saturated rings. The molecule has 0 radical (unpaired) electrons. The quantitative estimate of drug-likeness (QED) is 0.176. The van der Waals surface area contributed by atoms with Crippen molar-refractivity contribution in [3.05, 3.63) is 194 Å². The molecule has 0 spiro atoms. The monoisotopic (exact) mass is 718 g/mol. The molecule has 2 aliphatic rings. The van der Waals surface area contributed by atoms with E-state index in [1.54, 1.807) is 0 Å². The minimum atomic E-state index is 0.233. The molecule has 8 aromatic carbocycles. The molecule has 10 aromatic rings. The summed E-state index contributed by atoms with van der Waals surface area (Å²) in [5.74, 6) is 0. The maximum atomic E-state index is 2.61. The first-order valence-corrected chi connectivity index (χ1v) is 19.9. The van der Waals surface area contributed by atoms with E-state index in [9.17, 15) is 0 Å². The van der Waals surface area contributed by atoms with E-state index in [1.165, 1.54) is 103 Å². The Balaban J connectivity index is 1.01. The van der Waals surface area contributed by atoms with Crippen molar-refractivity contribution in [1.82, 2.24) is 4.57 Å². The molecule has 0 saturated carbocycles. The number of hydrogen-bond donors (Lipinski definition) is 0. The number of para-hydroxylation sites is 2. The number of rotatable bonds is 4. The zero-order valence-corrected chi connectivity index (χ0v) is 30.8. The topological polar surface area (TPSA) is 8.17 Å². The van der Waals surface area contributed by atoms with Crippen LogP contribution in [0.5, 0.6) is 0 Å². The van der Waals surface area contributed by atoms with Gasteiger partial charge in [-0.2, -0.15) is 0 Å². The summed E-state index contributed by atoms with van der Waals surface area (Å²) < 4.78 is 5.08. The normalized spacial score (nSPS) is 15.0. The summed E-state index contributed by atoms with van der Waals surface area (Å²) in [6.07, 6.45) is 7.87. The van der Waals surface area contributed by atoms with Gasteiger partial charge in [0.25, 0.3) is 0 Å². The van der Waals surface area contributed by atoms with Crippen LogP contribution >= 0.6 is 11.3 Å². The summed E-state index contributed by atoms with van der Waals surface area (Å²) in [5.41, 5.74) is 13.9. The predicted molar refractivity (Wildman–Crippen MR) is 236 cm³/mol. The van der Waals surface area contributed by atoms with Gasteiger partial charge < -0.3 is 9.47 Å². The average Bonchev–Trinajstić information content (AvgIpc) is 3.91. The lowest BCUT2D eigenvalue weighted by molar-refractivity contribution is 0.832. The zero-order valence-electron chi connectivity index (χ0n) is 30.0. The van der Waals surface area contributed by atoms with E-state index in [1.807, 2.05) is 11.3 Å². The highest BCUT2D eigenvalue weighted by atomic mass is 32.1. The summed E-state index contributed by atoms with van der Waals surface area (Å²) in [4.78, 5) is 2.61. The number of benzene rings is 8. The molecule has 0 amide bonds. The minimum absolute atomic E-state index is 0.233. The van der Waals surface area contributed by atoms with Crippen molar-refractivity contribution in [1.29, 1.82) is 0 Å². The molecule has 3 heteroatoms. The molecule has 0 saturated heterocycles. The van der Waals surface area contributed by atoms with Gasteiger partial charge in [-0.05, 0) is 94.2 Å². The van der Waals surface area contributed by atoms with Gasteiger partial charge in [0.05, 0.1) is 17.1 Å². The summed E-state index contributed by atoms with van der Waals surface area (Å²) in [6.45, 7) is 0. The second kappa shape index (κ2) is 11.9. The molecule has 1 unspecified atom stereocenters. The third-order valence-electron chi connectivity index (χ3n) is 11.9. The second-order valence-electron chi connectivity index (χ2n) is 14.8. The molecule has 1 aliphatic heterocycles. The zero-order chi connectivity index (χ0) is 36.0. The summed E-state index contributed by atoms with van der Waals surface area (Å²) in [6, 6.07) is 63.2. The van der Waals surface area contributed by atoms with Gasteiger partial charge in [-0.25, -0.2) is 0 Å².